The van der Waals surface area contributed by atoms with E-state index in [1.165, 1.54) is 6.92 Å². The van der Waals surface area contributed by atoms with E-state index in [0.717, 1.165) is 22.5 Å². The van der Waals surface area contributed by atoms with E-state index in [-0.39, 0.29) is 5.78 Å². The van der Waals surface area contributed by atoms with Gasteiger partial charge in [-0.3, -0.25) is 9.78 Å². The van der Waals surface area contributed by atoms with E-state index in [1.54, 1.807) is 12.3 Å². The average Bonchev–Trinajstić information content (AvgIpc) is 2.28. The molecule has 0 fully saturated rings. The molecule has 0 bridgehead atoms. The van der Waals surface area contributed by atoms with Crippen molar-refractivity contribution >= 4 is 5.78 Å². The Kier molecular flexibility index (Phi) is 3.00. The lowest BCUT2D eigenvalue weighted by Gasteiger charge is -2.05. The summed E-state index contributed by atoms with van der Waals surface area (Å²) in [6.45, 7) is 5.48. The van der Waals surface area contributed by atoms with E-state index in [4.69, 9.17) is 0 Å². The highest BCUT2D eigenvalue weighted by Crippen LogP contribution is 2.18. The molecule has 0 amide bonds. The first-order valence-electron chi connectivity index (χ1n) is 5.49. The zero-order chi connectivity index (χ0) is 12.4. The Morgan fingerprint density at radius 1 is 1.06 bits per heavy atom. The first kappa shape index (κ1) is 11.5. The molecule has 2 aromatic heterocycles. The molecular formula is C14H14N2O. The van der Waals surface area contributed by atoms with Crippen molar-refractivity contribution in [1.29, 1.82) is 0 Å². The number of aryl methyl sites for hydroxylation is 2. The van der Waals surface area contributed by atoms with Crippen molar-refractivity contribution in [2.45, 2.75) is 20.8 Å². The van der Waals surface area contributed by atoms with Crippen LogP contribution in [0.25, 0.3) is 11.4 Å². The van der Waals surface area contributed by atoms with Crippen molar-refractivity contribution in [2.75, 3.05) is 0 Å². The number of ketones is 1. The fraction of sp³-hybridized carbons (Fsp3) is 0.214. The first-order chi connectivity index (χ1) is 8.06. The minimum absolute atomic E-state index is 0.0254. The third-order valence-corrected chi connectivity index (χ3v) is 2.51. The van der Waals surface area contributed by atoms with Gasteiger partial charge < -0.3 is 0 Å². The molecule has 3 heteroatoms. The summed E-state index contributed by atoms with van der Waals surface area (Å²) in [7, 11) is 0. The van der Waals surface area contributed by atoms with Crippen molar-refractivity contribution in [1.82, 2.24) is 9.97 Å². The van der Waals surface area contributed by atoms with Crippen molar-refractivity contribution in [3.05, 3.63) is 47.3 Å². The van der Waals surface area contributed by atoms with Crippen molar-refractivity contribution < 1.29 is 4.79 Å². The lowest BCUT2D eigenvalue weighted by atomic mass is 10.1. The van der Waals surface area contributed by atoms with Crippen LogP contribution in [0.15, 0.2) is 30.5 Å². The van der Waals surface area contributed by atoms with Gasteiger partial charge in [0.05, 0.1) is 11.4 Å². The molecule has 2 aromatic rings. The fourth-order valence-electron chi connectivity index (χ4n) is 1.66. The van der Waals surface area contributed by atoms with Crippen LogP contribution >= 0.6 is 0 Å². The van der Waals surface area contributed by atoms with E-state index in [2.05, 4.69) is 9.97 Å². The summed E-state index contributed by atoms with van der Waals surface area (Å²) in [5, 5.41) is 0. The Hall–Kier alpha value is -2.03. The second-order valence-corrected chi connectivity index (χ2v) is 4.19. The van der Waals surface area contributed by atoms with E-state index in [9.17, 15) is 4.79 Å². The van der Waals surface area contributed by atoms with Crippen LogP contribution in [-0.4, -0.2) is 15.8 Å². The van der Waals surface area contributed by atoms with Gasteiger partial charge in [-0.15, -0.1) is 0 Å². The summed E-state index contributed by atoms with van der Waals surface area (Å²) >= 11 is 0. The summed E-state index contributed by atoms with van der Waals surface area (Å²) in [6, 6.07) is 7.63. The molecule has 0 spiro atoms. The average molecular weight is 226 g/mol. The van der Waals surface area contributed by atoms with E-state index in [1.807, 2.05) is 32.0 Å². The van der Waals surface area contributed by atoms with Gasteiger partial charge in [-0.25, -0.2) is 4.98 Å². The van der Waals surface area contributed by atoms with Gasteiger partial charge in [0.1, 0.15) is 5.69 Å². The van der Waals surface area contributed by atoms with E-state index >= 15 is 0 Å². The summed E-state index contributed by atoms with van der Waals surface area (Å²) in [6.07, 6.45) is 1.75. The SMILES string of the molecule is CC(=O)c1cc(C)cc(-c2cc(C)ccn2)n1. The molecule has 17 heavy (non-hydrogen) atoms. The van der Waals surface area contributed by atoms with Crippen LogP contribution in [0.4, 0.5) is 0 Å². The first-order valence-corrected chi connectivity index (χ1v) is 5.49. The van der Waals surface area contributed by atoms with Crippen molar-refractivity contribution in [3.63, 3.8) is 0 Å². The van der Waals surface area contributed by atoms with Crippen LogP contribution in [0, 0.1) is 13.8 Å². The van der Waals surface area contributed by atoms with Gasteiger partial charge in [-0.1, -0.05) is 0 Å². The number of aromatic nitrogens is 2. The van der Waals surface area contributed by atoms with Crippen LogP contribution in [0.1, 0.15) is 28.5 Å². The highest BCUT2D eigenvalue weighted by molar-refractivity contribution is 5.92. The Balaban J connectivity index is 2.56. The van der Waals surface area contributed by atoms with Gasteiger partial charge in [0.25, 0.3) is 0 Å². The Bertz CT molecular complexity index is 576. The maximum Gasteiger partial charge on any atom is 0.178 e. The normalized spacial score (nSPS) is 10.3. The number of rotatable bonds is 2. The van der Waals surface area contributed by atoms with Crippen LogP contribution < -0.4 is 0 Å². The smallest absolute Gasteiger partial charge is 0.178 e. The maximum absolute atomic E-state index is 11.4. The Morgan fingerprint density at radius 2 is 1.76 bits per heavy atom. The molecular weight excluding hydrogens is 212 g/mol. The fourth-order valence-corrected chi connectivity index (χ4v) is 1.66. The Morgan fingerprint density at radius 3 is 2.41 bits per heavy atom. The number of pyridine rings is 2. The molecule has 3 nitrogen and oxygen atoms in total. The largest absolute Gasteiger partial charge is 0.293 e. The number of Topliss-reactive ketones (excluding diaryl/α,β-unsaturated/α-hetero) is 1. The third kappa shape index (κ3) is 2.56. The second-order valence-electron chi connectivity index (χ2n) is 4.19. The summed E-state index contributed by atoms with van der Waals surface area (Å²) < 4.78 is 0. The zero-order valence-electron chi connectivity index (χ0n) is 10.2. The van der Waals surface area contributed by atoms with Gasteiger partial charge in [0.15, 0.2) is 5.78 Å². The number of carbonyl (C=O) groups is 1. The summed E-state index contributed by atoms with van der Waals surface area (Å²) in [5.74, 6) is -0.0254. The molecule has 2 heterocycles. The highest BCUT2D eigenvalue weighted by atomic mass is 16.1. The predicted octanol–water partition coefficient (Wildman–Crippen LogP) is 2.96. The molecule has 0 aliphatic carbocycles. The second kappa shape index (κ2) is 4.45. The topological polar surface area (TPSA) is 42.9 Å². The van der Waals surface area contributed by atoms with Crippen LogP contribution in [0.5, 0.6) is 0 Å². The van der Waals surface area contributed by atoms with Gasteiger partial charge in [-0.05, 0) is 49.2 Å². The zero-order valence-corrected chi connectivity index (χ0v) is 10.2. The monoisotopic (exact) mass is 226 g/mol. The Labute approximate surface area is 101 Å². The number of hydrogen-bond donors (Lipinski definition) is 0. The molecule has 0 aliphatic heterocycles. The molecule has 0 unspecified atom stereocenters. The molecule has 86 valence electrons. The van der Waals surface area contributed by atoms with Crippen LogP contribution in [0.2, 0.25) is 0 Å². The van der Waals surface area contributed by atoms with Gasteiger partial charge >= 0.3 is 0 Å². The maximum atomic E-state index is 11.4. The molecule has 0 N–H and O–H groups in total. The van der Waals surface area contributed by atoms with Gasteiger partial charge in [-0.2, -0.15) is 0 Å². The molecule has 0 atom stereocenters. The summed E-state index contributed by atoms with van der Waals surface area (Å²) in [4.78, 5) is 20.0. The number of carbonyl (C=O) groups excluding carboxylic acids is 1. The number of hydrogen-bond acceptors (Lipinski definition) is 3. The highest BCUT2D eigenvalue weighted by Gasteiger charge is 2.07. The third-order valence-electron chi connectivity index (χ3n) is 2.51. The van der Waals surface area contributed by atoms with Crippen molar-refractivity contribution in [3.8, 4) is 11.4 Å². The lowest BCUT2D eigenvalue weighted by Crippen LogP contribution is -2.00. The van der Waals surface area contributed by atoms with Crippen molar-refractivity contribution in [2.24, 2.45) is 0 Å². The van der Waals surface area contributed by atoms with Crippen LogP contribution in [0.3, 0.4) is 0 Å². The molecule has 0 aromatic carbocycles. The molecule has 2 rings (SSSR count). The van der Waals surface area contributed by atoms with Crippen LogP contribution in [-0.2, 0) is 0 Å². The summed E-state index contributed by atoms with van der Waals surface area (Å²) in [5.41, 5.74) is 4.18. The minimum atomic E-state index is -0.0254. The van der Waals surface area contributed by atoms with Gasteiger partial charge in [0.2, 0.25) is 0 Å². The molecule has 0 saturated carbocycles. The predicted molar refractivity (Wildman–Crippen MR) is 66.9 cm³/mol. The number of nitrogens with zero attached hydrogens (tertiary/aromatic N) is 2. The minimum Gasteiger partial charge on any atom is -0.293 e. The van der Waals surface area contributed by atoms with E-state index in [0.29, 0.717) is 5.69 Å². The standard InChI is InChI=1S/C14H14N2O/c1-9-4-5-15-13(6-9)14-8-10(2)7-12(16-14)11(3)17/h4-8H,1-3H3. The lowest BCUT2D eigenvalue weighted by molar-refractivity contribution is 0.101. The van der Waals surface area contributed by atoms with Gasteiger partial charge in [0, 0.05) is 13.1 Å². The molecule has 0 radical (unpaired) electrons. The molecule has 0 aliphatic rings. The molecule has 0 saturated heterocycles. The van der Waals surface area contributed by atoms with E-state index < -0.39 is 0 Å². The quantitative estimate of drug-likeness (QED) is 0.739.